The van der Waals surface area contributed by atoms with Crippen molar-refractivity contribution in [1.29, 1.82) is 0 Å². The molecule has 0 radical (unpaired) electrons. The maximum Gasteiger partial charge on any atom is 0.226 e. The van der Waals surface area contributed by atoms with E-state index in [2.05, 4.69) is 10.3 Å². The Morgan fingerprint density at radius 3 is 2.53 bits per heavy atom. The summed E-state index contributed by atoms with van der Waals surface area (Å²) >= 11 is 0. The Labute approximate surface area is 177 Å². The van der Waals surface area contributed by atoms with E-state index in [1.165, 1.54) is 6.92 Å². The van der Waals surface area contributed by atoms with Crippen molar-refractivity contribution in [3.8, 4) is 17.2 Å². The van der Waals surface area contributed by atoms with Gasteiger partial charge < -0.3 is 19.2 Å². The normalized spacial score (nSPS) is 11.8. The lowest BCUT2D eigenvalue weighted by molar-refractivity contribution is -0.123. The number of benzene rings is 2. The molecule has 1 aromatic heterocycles. The van der Waals surface area contributed by atoms with Crippen LogP contribution < -0.4 is 10.1 Å². The predicted molar refractivity (Wildman–Crippen MR) is 115 cm³/mol. The van der Waals surface area contributed by atoms with Gasteiger partial charge in [-0.1, -0.05) is 30.3 Å². The highest BCUT2D eigenvalue weighted by Gasteiger charge is 2.12. The van der Waals surface area contributed by atoms with Gasteiger partial charge in [0, 0.05) is 19.1 Å². The molecule has 0 spiro atoms. The van der Waals surface area contributed by atoms with Crippen LogP contribution in [0.25, 0.3) is 11.5 Å². The zero-order valence-corrected chi connectivity index (χ0v) is 17.7. The number of aryl methyl sites for hydroxylation is 2. The van der Waals surface area contributed by atoms with Crippen LogP contribution >= 0.6 is 0 Å². The van der Waals surface area contributed by atoms with Gasteiger partial charge >= 0.3 is 0 Å². The number of ether oxygens (including phenoxy) is 2. The number of nitrogens with one attached hydrogen (secondary N) is 1. The van der Waals surface area contributed by atoms with Gasteiger partial charge in [0.05, 0.1) is 0 Å². The van der Waals surface area contributed by atoms with Crippen LogP contribution in [0.1, 0.15) is 37.3 Å². The van der Waals surface area contributed by atoms with Crippen molar-refractivity contribution in [2.75, 3.05) is 6.61 Å². The molecule has 6 nitrogen and oxygen atoms in total. The third kappa shape index (κ3) is 6.19. The molecule has 1 heterocycles. The molecule has 3 aromatic rings. The van der Waals surface area contributed by atoms with Crippen molar-refractivity contribution in [1.82, 2.24) is 10.3 Å². The van der Waals surface area contributed by atoms with Crippen LogP contribution in [0.15, 0.2) is 59.0 Å². The van der Waals surface area contributed by atoms with E-state index in [0.29, 0.717) is 25.5 Å². The van der Waals surface area contributed by atoms with E-state index < -0.39 is 0 Å². The van der Waals surface area contributed by atoms with Gasteiger partial charge in [0.1, 0.15) is 30.0 Å². The summed E-state index contributed by atoms with van der Waals surface area (Å²) in [6.45, 7) is 6.21. The van der Waals surface area contributed by atoms with Crippen molar-refractivity contribution in [2.24, 2.45) is 0 Å². The minimum atomic E-state index is -0.266. The van der Waals surface area contributed by atoms with Gasteiger partial charge in [-0.15, -0.1) is 0 Å². The van der Waals surface area contributed by atoms with Gasteiger partial charge in [0.15, 0.2) is 0 Å². The molecule has 1 N–H and O–H groups in total. The molecule has 0 fully saturated rings. The van der Waals surface area contributed by atoms with Gasteiger partial charge in [-0.3, -0.25) is 4.79 Å². The monoisotopic (exact) mass is 408 g/mol. The maximum absolute atomic E-state index is 11.3. The molecule has 0 aliphatic carbocycles. The van der Waals surface area contributed by atoms with E-state index in [4.69, 9.17) is 13.9 Å². The fourth-order valence-electron chi connectivity index (χ4n) is 3.09. The minimum Gasteiger partial charge on any atom is -0.487 e. The number of carbonyl (C=O) groups is 1. The van der Waals surface area contributed by atoms with Crippen LogP contribution in [0.3, 0.4) is 0 Å². The van der Waals surface area contributed by atoms with E-state index in [1.807, 2.05) is 68.4 Å². The van der Waals surface area contributed by atoms with Crippen molar-refractivity contribution in [3.63, 3.8) is 0 Å². The number of aromatic nitrogens is 1. The first-order valence-corrected chi connectivity index (χ1v) is 10.2. The molecule has 6 heteroatoms. The Kier molecular flexibility index (Phi) is 7.63. The average molecular weight is 408 g/mol. The first kappa shape index (κ1) is 21.6. The highest BCUT2D eigenvalue weighted by Crippen LogP contribution is 2.23. The van der Waals surface area contributed by atoms with Gasteiger partial charge in [-0.2, -0.15) is 0 Å². The molecule has 1 amide bonds. The highest BCUT2D eigenvalue weighted by atomic mass is 16.5. The number of rotatable bonds is 10. The number of oxazole rings is 1. The lowest BCUT2D eigenvalue weighted by atomic mass is 10.1. The number of carbonyl (C=O) groups excluding carboxylic acids is 1. The first-order chi connectivity index (χ1) is 14.5. The number of hydrogen-bond acceptors (Lipinski definition) is 5. The fourth-order valence-corrected chi connectivity index (χ4v) is 3.09. The standard InChI is InChI=1S/C24H28N2O4/c1-4-28-23(25-18(3)27)15-12-19-10-13-21(14-11-19)29-16-22-17(2)30-24(26-22)20-8-6-5-7-9-20/h5-11,13-14,23H,4,12,15-16H2,1-3H3,(H,25,27). The van der Waals surface area contributed by atoms with Crippen molar-refractivity contribution in [3.05, 3.63) is 71.6 Å². The molecule has 30 heavy (non-hydrogen) atoms. The second kappa shape index (κ2) is 10.6. The predicted octanol–water partition coefficient (Wildman–Crippen LogP) is 4.66. The third-order valence-electron chi connectivity index (χ3n) is 4.64. The maximum atomic E-state index is 11.3. The van der Waals surface area contributed by atoms with Crippen LogP contribution in [0.5, 0.6) is 5.75 Å². The lowest BCUT2D eigenvalue weighted by Crippen LogP contribution is -2.35. The summed E-state index contributed by atoms with van der Waals surface area (Å²) in [5.74, 6) is 2.04. The number of nitrogens with zero attached hydrogens (tertiary/aromatic N) is 1. The summed E-state index contributed by atoms with van der Waals surface area (Å²) in [6.07, 6.45) is 1.25. The summed E-state index contributed by atoms with van der Waals surface area (Å²) in [5, 5.41) is 2.82. The Hall–Kier alpha value is -3.12. The van der Waals surface area contributed by atoms with Crippen LogP contribution in [0.4, 0.5) is 0 Å². The van der Waals surface area contributed by atoms with E-state index in [9.17, 15) is 4.79 Å². The average Bonchev–Trinajstić information content (AvgIpc) is 3.12. The largest absolute Gasteiger partial charge is 0.487 e. The second-order valence-corrected chi connectivity index (χ2v) is 7.00. The summed E-state index contributed by atoms with van der Waals surface area (Å²) in [6, 6.07) is 17.7. The molecule has 1 atom stereocenters. The van der Waals surface area contributed by atoms with E-state index in [0.717, 1.165) is 34.8 Å². The van der Waals surface area contributed by atoms with E-state index >= 15 is 0 Å². The molecule has 3 rings (SSSR count). The van der Waals surface area contributed by atoms with Crippen molar-refractivity contribution in [2.45, 2.75) is 46.4 Å². The first-order valence-electron chi connectivity index (χ1n) is 10.2. The van der Waals surface area contributed by atoms with Crippen LogP contribution in [-0.2, 0) is 22.6 Å². The Balaban J connectivity index is 1.54. The molecular weight excluding hydrogens is 380 g/mol. The van der Waals surface area contributed by atoms with Gasteiger partial charge in [0.2, 0.25) is 11.8 Å². The molecule has 1 unspecified atom stereocenters. The van der Waals surface area contributed by atoms with Gasteiger partial charge in [0.25, 0.3) is 0 Å². The minimum absolute atomic E-state index is 0.0873. The van der Waals surface area contributed by atoms with Crippen LogP contribution in [0.2, 0.25) is 0 Å². The lowest BCUT2D eigenvalue weighted by Gasteiger charge is -2.17. The topological polar surface area (TPSA) is 73.6 Å². The van der Waals surface area contributed by atoms with E-state index in [-0.39, 0.29) is 12.1 Å². The number of amides is 1. The van der Waals surface area contributed by atoms with Crippen LogP contribution in [0, 0.1) is 6.92 Å². The Morgan fingerprint density at radius 1 is 1.13 bits per heavy atom. The Morgan fingerprint density at radius 2 is 1.87 bits per heavy atom. The quantitative estimate of drug-likeness (QED) is 0.494. The number of hydrogen-bond donors (Lipinski definition) is 1. The summed E-state index contributed by atoms with van der Waals surface area (Å²) in [7, 11) is 0. The zero-order valence-electron chi connectivity index (χ0n) is 17.7. The van der Waals surface area contributed by atoms with E-state index in [1.54, 1.807) is 0 Å². The molecular formula is C24H28N2O4. The highest BCUT2D eigenvalue weighted by molar-refractivity contribution is 5.73. The van der Waals surface area contributed by atoms with Crippen LogP contribution in [-0.4, -0.2) is 23.7 Å². The molecule has 0 saturated heterocycles. The van der Waals surface area contributed by atoms with Gasteiger partial charge in [-0.25, -0.2) is 4.98 Å². The molecule has 0 aliphatic heterocycles. The van der Waals surface area contributed by atoms with Crippen molar-refractivity contribution >= 4 is 5.91 Å². The fraction of sp³-hybridized carbons (Fsp3) is 0.333. The molecule has 158 valence electrons. The smallest absolute Gasteiger partial charge is 0.226 e. The zero-order chi connectivity index (χ0) is 21.3. The van der Waals surface area contributed by atoms with Gasteiger partial charge in [-0.05, 0) is 56.5 Å². The molecule has 0 bridgehead atoms. The molecule has 2 aromatic carbocycles. The van der Waals surface area contributed by atoms with Crippen molar-refractivity contribution < 1.29 is 18.7 Å². The second-order valence-electron chi connectivity index (χ2n) is 7.00. The summed E-state index contributed by atoms with van der Waals surface area (Å²) in [4.78, 5) is 15.8. The Bertz CT molecular complexity index is 936. The molecule has 0 aliphatic rings. The molecule has 0 saturated carbocycles. The third-order valence-corrected chi connectivity index (χ3v) is 4.64. The SMILES string of the molecule is CCOC(CCc1ccc(OCc2nc(-c3ccccc3)oc2C)cc1)NC(C)=O. The summed E-state index contributed by atoms with van der Waals surface area (Å²) < 4.78 is 17.2. The summed E-state index contributed by atoms with van der Waals surface area (Å²) in [5.41, 5.74) is 2.88.